The molecule has 0 saturated carbocycles. The molecule has 2 rings (SSSR count). The van der Waals surface area contributed by atoms with Crippen LogP contribution in [0.4, 0.5) is 4.79 Å². The minimum Gasteiger partial charge on any atom is -0.467 e. The Labute approximate surface area is 142 Å². The van der Waals surface area contributed by atoms with Crippen LogP contribution in [-0.2, 0) is 16.0 Å². The third kappa shape index (κ3) is 6.23. The molecule has 0 aliphatic carbocycles. The van der Waals surface area contributed by atoms with Gasteiger partial charge < -0.3 is 24.5 Å². The summed E-state index contributed by atoms with van der Waals surface area (Å²) in [7, 11) is 0. The minimum absolute atomic E-state index is 0.165. The Balaban J connectivity index is 1.71. The molecule has 1 atom stereocenters. The Morgan fingerprint density at radius 3 is 2.79 bits per heavy atom. The molecule has 2 amide bonds. The summed E-state index contributed by atoms with van der Waals surface area (Å²) >= 11 is 0. The fraction of sp³-hybridized carbons (Fsp3) is 0.647. The summed E-state index contributed by atoms with van der Waals surface area (Å²) in [5, 5.41) is 5.43. The summed E-state index contributed by atoms with van der Waals surface area (Å²) < 4.78 is 15.9. The number of hydrogen-bond acceptors (Lipinski definition) is 5. The molecule has 24 heavy (non-hydrogen) atoms. The zero-order valence-electron chi connectivity index (χ0n) is 14.5. The maximum atomic E-state index is 12.0. The van der Waals surface area contributed by atoms with E-state index in [2.05, 4.69) is 10.6 Å². The Bertz CT molecular complexity index is 556. The molecule has 2 N–H and O–H groups in total. The molecular weight excluding hydrogens is 312 g/mol. The van der Waals surface area contributed by atoms with Crippen LogP contribution < -0.4 is 10.6 Å². The molecule has 134 valence electrons. The van der Waals surface area contributed by atoms with E-state index >= 15 is 0 Å². The van der Waals surface area contributed by atoms with Crippen molar-refractivity contribution in [2.45, 2.75) is 58.3 Å². The van der Waals surface area contributed by atoms with Crippen molar-refractivity contribution in [3.8, 4) is 0 Å². The minimum atomic E-state index is -0.554. The standard InChI is InChI=1S/C17H26N2O5/c1-17(2,3)24-16(21)19-10-14-9-12(11-23-14)15(20)18-7-6-13-5-4-8-22-13/h9,11,13H,4-8,10H2,1-3H3,(H,18,20)(H,19,21)/t13-/m0/s1. The number of carbonyl (C=O) groups is 2. The fourth-order valence-corrected chi connectivity index (χ4v) is 2.39. The van der Waals surface area contributed by atoms with Crippen molar-refractivity contribution < 1.29 is 23.5 Å². The number of rotatable bonds is 6. The number of hydrogen-bond donors (Lipinski definition) is 2. The van der Waals surface area contributed by atoms with Crippen molar-refractivity contribution in [3.63, 3.8) is 0 Å². The second-order valence-electron chi connectivity index (χ2n) is 6.84. The molecule has 2 heterocycles. The maximum absolute atomic E-state index is 12.0. The molecule has 7 nitrogen and oxygen atoms in total. The van der Waals surface area contributed by atoms with Gasteiger partial charge in [-0.2, -0.15) is 0 Å². The van der Waals surface area contributed by atoms with Crippen LogP contribution in [0.1, 0.15) is 56.2 Å². The number of carbonyl (C=O) groups excluding carboxylic acids is 2. The molecule has 1 aromatic heterocycles. The predicted molar refractivity (Wildman–Crippen MR) is 87.7 cm³/mol. The molecule has 0 spiro atoms. The van der Waals surface area contributed by atoms with Crippen LogP contribution in [0.2, 0.25) is 0 Å². The van der Waals surface area contributed by atoms with Gasteiger partial charge in [0.05, 0.1) is 18.2 Å². The summed E-state index contributed by atoms with van der Waals surface area (Å²) in [6, 6.07) is 1.61. The summed E-state index contributed by atoms with van der Waals surface area (Å²) in [5.41, 5.74) is -0.121. The molecule has 1 aromatic rings. The van der Waals surface area contributed by atoms with Gasteiger partial charge in [-0.1, -0.05) is 0 Å². The van der Waals surface area contributed by atoms with Crippen LogP contribution in [0.15, 0.2) is 16.7 Å². The fourth-order valence-electron chi connectivity index (χ4n) is 2.39. The molecule has 0 bridgehead atoms. The van der Waals surface area contributed by atoms with Gasteiger partial charge in [0.1, 0.15) is 17.6 Å². The molecule has 1 aliphatic rings. The largest absolute Gasteiger partial charge is 0.467 e. The summed E-state index contributed by atoms with van der Waals surface area (Å²) in [4.78, 5) is 23.6. The first-order valence-corrected chi connectivity index (χ1v) is 8.27. The number of nitrogens with one attached hydrogen (secondary N) is 2. The van der Waals surface area contributed by atoms with Crippen molar-refractivity contribution in [1.29, 1.82) is 0 Å². The monoisotopic (exact) mass is 338 g/mol. The van der Waals surface area contributed by atoms with Gasteiger partial charge in [0.25, 0.3) is 5.91 Å². The Kier molecular flexibility index (Phi) is 6.25. The zero-order chi connectivity index (χ0) is 17.6. The first-order chi connectivity index (χ1) is 11.3. The van der Waals surface area contributed by atoms with E-state index in [0.717, 1.165) is 25.9 Å². The van der Waals surface area contributed by atoms with Crippen molar-refractivity contribution in [3.05, 3.63) is 23.7 Å². The SMILES string of the molecule is CC(C)(C)OC(=O)NCc1cc(C(=O)NCC[C@@H]2CCCO2)co1. The maximum Gasteiger partial charge on any atom is 0.408 e. The van der Waals surface area contributed by atoms with Crippen LogP contribution in [-0.4, -0.2) is 36.9 Å². The Hall–Kier alpha value is -2.02. The average Bonchev–Trinajstić information content (AvgIpc) is 3.14. The third-order valence-corrected chi connectivity index (χ3v) is 3.50. The van der Waals surface area contributed by atoms with Crippen molar-refractivity contribution in [2.24, 2.45) is 0 Å². The molecule has 1 aliphatic heterocycles. The van der Waals surface area contributed by atoms with Crippen LogP contribution in [0.5, 0.6) is 0 Å². The lowest BCUT2D eigenvalue weighted by Gasteiger charge is -2.19. The van der Waals surface area contributed by atoms with Crippen molar-refractivity contribution >= 4 is 12.0 Å². The van der Waals surface area contributed by atoms with Gasteiger partial charge in [0.15, 0.2) is 0 Å². The predicted octanol–water partition coefficient (Wildman–Crippen LogP) is 2.60. The molecule has 7 heteroatoms. The quantitative estimate of drug-likeness (QED) is 0.832. The van der Waals surface area contributed by atoms with Crippen LogP contribution in [0, 0.1) is 0 Å². The van der Waals surface area contributed by atoms with E-state index in [1.807, 2.05) is 0 Å². The molecule has 0 radical (unpaired) electrons. The van der Waals surface area contributed by atoms with Gasteiger partial charge in [-0.3, -0.25) is 4.79 Å². The molecular formula is C17H26N2O5. The number of alkyl carbamates (subject to hydrolysis) is 1. The lowest BCUT2D eigenvalue weighted by atomic mass is 10.2. The average molecular weight is 338 g/mol. The van der Waals surface area contributed by atoms with Gasteiger partial charge in [-0.05, 0) is 46.1 Å². The van der Waals surface area contributed by atoms with Gasteiger partial charge in [0.2, 0.25) is 0 Å². The molecule has 1 fully saturated rings. The highest BCUT2D eigenvalue weighted by Crippen LogP contribution is 2.14. The van der Waals surface area contributed by atoms with E-state index in [9.17, 15) is 9.59 Å². The normalized spacial score (nSPS) is 17.5. The topological polar surface area (TPSA) is 89.8 Å². The zero-order valence-corrected chi connectivity index (χ0v) is 14.5. The van der Waals surface area contributed by atoms with E-state index in [-0.39, 0.29) is 18.6 Å². The van der Waals surface area contributed by atoms with Gasteiger partial charge >= 0.3 is 6.09 Å². The third-order valence-electron chi connectivity index (χ3n) is 3.50. The number of ether oxygens (including phenoxy) is 2. The highest BCUT2D eigenvalue weighted by atomic mass is 16.6. The van der Waals surface area contributed by atoms with E-state index < -0.39 is 11.7 Å². The molecule has 0 unspecified atom stereocenters. The Morgan fingerprint density at radius 2 is 2.12 bits per heavy atom. The van der Waals surface area contributed by atoms with Crippen molar-refractivity contribution in [1.82, 2.24) is 10.6 Å². The van der Waals surface area contributed by atoms with E-state index in [1.54, 1.807) is 26.8 Å². The first kappa shape index (κ1) is 18.3. The highest BCUT2D eigenvalue weighted by molar-refractivity contribution is 5.93. The van der Waals surface area contributed by atoms with Gasteiger partial charge in [-0.15, -0.1) is 0 Å². The second-order valence-corrected chi connectivity index (χ2v) is 6.84. The van der Waals surface area contributed by atoms with Gasteiger partial charge in [0, 0.05) is 13.2 Å². The Morgan fingerprint density at radius 1 is 1.33 bits per heavy atom. The smallest absolute Gasteiger partial charge is 0.408 e. The van der Waals surface area contributed by atoms with Crippen LogP contribution in [0.25, 0.3) is 0 Å². The van der Waals surface area contributed by atoms with Gasteiger partial charge in [-0.25, -0.2) is 4.79 Å². The number of amides is 2. The summed E-state index contributed by atoms with van der Waals surface area (Å²) in [6.45, 7) is 6.92. The molecule has 1 saturated heterocycles. The lowest BCUT2D eigenvalue weighted by Crippen LogP contribution is -2.32. The summed E-state index contributed by atoms with van der Waals surface area (Å²) in [5.74, 6) is 0.297. The first-order valence-electron chi connectivity index (χ1n) is 8.27. The van der Waals surface area contributed by atoms with Crippen LogP contribution in [0.3, 0.4) is 0 Å². The lowest BCUT2D eigenvalue weighted by molar-refractivity contribution is 0.0519. The van der Waals surface area contributed by atoms with Crippen molar-refractivity contribution in [2.75, 3.05) is 13.2 Å². The van der Waals surface area contributed by atoms with E-state index in [1.165, 1.54) is 6.26 Å². The highest BCUT2D eigenvalue weighted by Gasteiger charge is 2.18. The van der Waals surface area contributed by atoms with E-state index in [4.69, 9.17) is 13.9 Å². The van der Waals surface area contributed by atoms with E-state index in [0.29, 0.717) is 17.9 Å². The van der Waals surface area contributed by atoms with Crippen LogP contribution >= 0.6 is 0 Å². The number of furan rings is 1. The second kappa shape index (κ2) is 8.19. The summed E-state index contributed by atoms with van der Waals surface area (Å²) in [6.07, 6.45) is 4.07. The molecule has 0 aromatic carbocycles.